The molecule has 0 saturated carbocycles. The first-order chi connectivity index (χ1) is 12.2. The van der Waals surface area contributed by atoms with Crippen LogP contribution in [0.25, 0.3) is 0 Å². The minimum absolute atomic E-state index is 0.721. The van der Waals surface area contributed by atoms with Gasteiger partial charge in [-0.25, -0.2) is 0 Å². The number of aromatic amines is 2. The number of rotatable bonds is 7. The molecule has 2 heterocycles. The summed E-state index contributed by atoms with van der Waals surface area (Å²) in [6, 6.07) is 10.1. The van der Waals surface area contributed by atoms with Crippen molar-refractivity contribution in [1.82, 2.24) is 20.4 Å². The number of nitrogens with one attached hydrogen (secondary N) is 2. The van der Waals surface area contributed by atoms with Crippen molar-refractivity contribution in [3.63, 3.8) is 0 Å². The molecule has 0 aliphatic carbocycles. The molecule has 4 nitrogen and oxygen atoms in total. The molecule has 0 amide bonds. The summed E-state index contributed by atoms with van der Waals surface area (Å²) in [6.45, 7) is 2.21. The van der Waals surface area contributed by atoms with Crippen LogP contribution < -0.4 is 0 Å². The van der Waals surface area contributed by atoms with Gasteiger partial charge in [0.15, 0.2) is 16.6 Å². The highest BCUT2D eigenvalue weighted by atomic mass is 32.2. The van der Waals surface area contributed by atoms with Gasteiger partial charge in [0.2, 0.25) is 0 Å². The van der Waals surface area contributed by atoms with E-state index in [0.717, 1.165) is 22.3 Å². The Kier molecular flexibility index (Phi) is 9.96. The Morgan fingerprint density at radius 1 is 0.960 bits per heavy atom. The zero-order valence-electron chi connectivity index (χ0n) is 13.6. The average Bonchev–Trinajstić information content (AvgIpc) is 3.21. The van der Waals surface area contributed by atoms with Crippen LogP contribution in [-0.2, 0) is 0 Å². The highest BCUT2D eigenvalue weighted by Crippen LogP contribution is 2.28. The molecule has 3 rings (SSSR count). The van der Waals surface area contributed by atoms with E-state index in [2.05, 4.69) is 39.5 Å². The number of thioether (sulfide) groups is 1. The molecule has 0 fully saturated rings. The van der Waals surface area contributed by atoms with E-state index in [-0.39, 0.29) is 0 Å². The predicted octanol–water partition coefficient (Wildman–Crippen LogP) is 6.83. The predicted molar refractivity (Wildman–Crippen MR) is 115 cm³/mol. The van der Waals surface area contributed by atoms with E-state index in [0.29, 0.717) is 0 Å². The van der Waals surface area contributed by atoms with E-state index < -0.39 is 0 Å². The maximum absolute atomic E-state index is 4.94. The van der Waals surface area contributed by atoms with Gasteiger partial charge in [-0.1, -0.05) is 84.2 Å². The van der Waals surface area contributed by atoms with Gasteiger partial charge in [-0.15, -0.1) is 0 Å². The van der Waals surface area contributed by atoms with Gasteiger partial charge in [0.1, 0.15) is 0 Å². The maximum Gasteiger partial charge on any atom is 0.177 e. The van der Waals surface area contributed by atoms with Crippen molar-refractivity contribution >= 4 is 70.6 Å². The first-order valence-corrected chi connectivity index (χ1v) is 11.9. The molecule has 0 radical (unpaired) electrons. The van der Waals surface area contributed by atoms with Gasteiger partial charge in [0.05, 0.1) is 0 Å². The van der Waals surface area contributed by atoms with Crippen molar-refractivity contribution in [1.29, 1.82) is 0 Å². The first-order valence-electron chi connectivity index (χ1n) is 7.64. The molecule has 0 atom stereocenters. The van der Waals surface area contributed by atoms with E-state index in [1.807, 2.05) is 18.2 Å². The lowest BCUT2D eigenvalue weighted by Gasteiger charge is -1.94. The van der Waals surface area contributed by atoms with Crippen molar-refractivity contribution in [2.24, 2.45) is 0 Å². The standard InChI is InChI=1S/C8H6N2S3.C7H12N2S3/c11-7-9-10-8(13-7)12-6-4-2-1-3-5-6;1-2-3-4-5-11-7-9-8-6(10)12-7/h1-5H,(H,9,11);2-5H2,1H3,(H,8,10). The van der Waals surface area contributed by atoms with Crippen LogP contribution in [0.4, 0.5) is 0 Å². The molecule has 0 bridgehead atoms. The van der Waals surface area contributed by atoms with E-state index in [9.17, 15) is 0 Å². The third kappa shape index (κ3) is 8.61. The van der Waals surface area contributed by atoms with Gasteiger partial charge in [-0.05, 0) is 43.0 Å². The van der Waals surface area contributed by atoms with Gasteiger partial charge in [0, 0.05) is 10.6 Å². The van der Waals surface area contributed by atoms with Gasteiger partial charge < -0.3 is 0 Å². The van der Waals surface area contributed by atoms with E-state index in [1.165, 1.54) is 35.5 Å². The number of hydrogen-bond acceptors (Lipinski definition) is 8. The number of unbranched alkanes of at least 4 members (excludes halogenated alkanes) is 2. The summed E-state index contributed by atoms with van der Waals surface area (Å²) in [6.07, 6.45) is 3.85. The van der Waals surface area contributed by atoms with Crippen LogP contribution >= 0.6 is 70.6 Å². The Balaban J connectivity index is 0.000000181. The largest absolute Gasteiger partial charge is 0.257 e. The number of nitrogens with zero attached hydrogens (tertiary/aromatic N) is 2. The minimum Gasteiger partial charge on any atom is -0.257 e. The lowest BCUT2D eigenvalue weighted by atomic mass is 10.3. The molecule has 3 aromatic rings. The Morgan fingerprint density at radius 3 is 2.16 bits per heavy atom. The fourth-order valence-corrected chi connectivity index (χ4v) is 5.86. The van der Waals surface area contributed by atoms with Crippen LogP contribution in [0.3, 0.4) is 0 Å². The molecule has 134 valence electrons. The molecule has 0 aliphatic heterocycles. The Hall–Kier alpha value is -0.520. The van der Waals surface area contributed by atoms with Crippen LogP contribution in [0, 0.1) is 7.91 Å². The molecule has 2 N–H and O–H groups in total. The molecule has 0 saturated heterocycles. The highest BCUT2D eigenvalue weighted by Gasteiger charge is 1.99. The maximum atomic E-state index is 4.94. The van der Waals surface area contributed by atoms with E-state index >= 15 is 0 Å². The van der Waals surface area contributed by atoms with Crippen LogP contribution in [0.1, 0.15) is 26.2 Å². The van der Waals surface area contributed by atoms with Gasteiger partial charge in [0.25, 0.3) is 0 Å². The number of aromatic nitrogens is 4. The molecule has 1 aromatic carbocycles. The SMILES string of the molecule is CCCCCSc1n[nH]c(=S)s1.S=c1[nH]nc(Sc2ccccc2)s1. The molecule has 2 aromatic heterocycles. The normalized spacial score (nSPS) is 10.3. The van der Waals surface area contributed by atoms with Crippen LogP contribution in [0.15, 0.2) is 43.9 Å². The van der Waals surface area contributed by atoms with Crippen molar-refractivity contribution in [2.45, 2.75) is 39.8 Å². The summed E-state index contributed by atoms with van der Waals surface area (Å²) in [5.74, 6) is 1.16. The van der Waals surface area contributed by atoms with E-state index in [4.69, 9.17) is 24.4 Å². The monoisotopic (exact) mass is 446 g/mol. The van der Waals surface area contributed by atoms with Gasteiger partial charge in [-0.3, -0.25) is 10.2 Å². The van der Waals surface area contributed by atoms with Crippen LogP contribution in [0.2, 0.25) is 0 Å². The second-order valence-electron chi connectivity index (χ2n) is 4.73. The molecule has 0 unspecified atom stereocenters. The van der Waals surface area contributed by atoms with Gasteiger partial charge in [-0.2, -0.15) is 10.2 Å². The quantitative estimate of drug-likeness (QED) is 0.235. The molecule has 25 heavy (non-hydrogen) atoms. The topological polar surface area (TPSA) is 57.4 Å². The van der Waals surface area contributed by atoms with Crippen molar-refractivity contribution < 1.29 is 0 Å². The summed E-state index contributed by atoms with van der Waals surface area (Å²) in [4.78, 5) is 1.18. The summed E-state index contributed by atoms with van der Waals surface area (Å²) < 4.78 is 3.51. The lowest BCUT2D eigenvalue weighted by molar-refractivity contribution is 0.778. The summed E-state index contributed by atoms with van der Waals surface area (Å²) in [5.41, 5.74) is 0. The van der Waals surface area contributed by atoms with Crippen LogP contribution in [-0.4, -0.2) is 26.1 Å². The Labute approximate surface area is 173 Å². The number of hydrogen-bond donors (Lipinski definition) is 2. The Morgan fingerprint density at radius 2 is 1.60 bits per heavy atom. The minimum atomic E-state index is 0.721. The fraction of sp³-hybridized carbons (Fsp3) is 0.333. The lowest BCUT2D eigenvalue weighted by Crippen LogP contribution is -1.79. The molecular weight excluding hydrogens is 429 g/mol. The molecular formula is C15H18N4S6. The summed E-state index contributed by atoms with van der Waals surface area (Å²) in [5, 5.41) is 13.7. The molecule has 10 heteroatoms. The smallest absolute Gasteiger partial charge is 0.177 e. The van der Waals surface area contributed by atoms with E-state index in [1.54, 1.807) is 34.9 Å². The fourth-order valence-electron chi connectivity index (χ4n) is 1.64. The summed E-state index contributed by atoms with van der Waals surface area (Å²) in [7, 11) is 0. The number of benzene rings is 1. The van der Waals surface area contributed by atoms with Crippen molar-refractivity contribution in [3.05, 3.63) is 38.2 Å². The number of H-pyrrole nitrogens is 2. The first kappa shape index (κ1) is 20.8. The third-order valence-electron chi connectivity index (χ3n) is 2.76. The van der Waals surface area contributed by atoms with Gasteiger partial charge >= 0.3 is 0 Å². The molecule has 0 spiro atoms. The summed E-state index contributed by atoms with van der Waals surface area (Å²) >= 11 is 16.3. The second kappa shape index (κ2) is 12.0. The zero-order valence-corrected chi connectivity index (χ0v) is 18.5. The second-order valence-corrected chi connectivity index (χ2v) is 10.7. The third-order valence-corrected chi connectivity index (χ3v) is 7.23. The zero-order chi connectivity index (χ0) is 17.9. The molecule has 0 aliphatic rings. The van der Waals surface area contributed by atoms with Crippen LogP contribution in [0.5, 0.6) is 0 Å². The average molecular weight is 447 g/mol. The Bertz CT molecular complexity index is 835. The van der Waals surface area contributed by atoms with Crippen molar-refractivity contribution in [2.75, 3.05) is 5.75 Å². The van der Waals surface area contributed by atoms with Crippen molar-refractivity contribution in [3.8, 4) is 0 Å². The highest BCUT2D eigenvalue weighted by molar-refractivity contribution is 8.01.